The first kappa shape index (κ1) is 21.4. The van der Waals surface area contributed by atoms with E-state index < -0.39 is 30.0 Å². The number of rotatable bonds is 4. The summed E-state index contributed by atoms with van der Waals surface area (Å²) < 4.78 is 12.3. The van der Waals surface area contributed by atoms with Crippen LogP contribution in [0.15, 0.2) is 18.2 Å². The van der Waals surface area contributed by atoms with Crippen molar-refractivity contribution in [1.82, 2.24) is 9.78 Å². The number of hydrogen-bond donors (Lipinski definition) is 2. The van der Waals surface area contributed by atoms with Gasteiger partial charge in [0.2, 0.25) is 0 Å². The summed E-state index contributed by atoms with van der Waals surface area (Å²) in [4.78, 5) is 12.4. The van der Waals surface area contributed by atoms with Crippen LogP contribution < -0.4 is 5.46 Å². The number of benzene rings is 1. The lowest BCUT2D eigenvalue weighted by Crippen LogP contribution is -2.53. The van der Waals surface area contributed by atoms with Gasteiger partial charge in [-0.3, -0.25) is 0 Å². The Morgan fingerprint density at radius 1 is 1.15 bits per heavy atom. The molecule has 27 heavy (non-hydrogen) atoms. The van der Waals surface area contributed by atoms with Crippen molar-refractivity contribution >= 4 is 29.6 Å². The summed E-state index contributed by atoms with van der Waals surface area (Å²) in [6.07, 6.45) is -0.562. The lowest BCUT2D eigenvalue weighted by Gasteiger charge is -2.38. The Hall–Kier alpha value is -1.90. The smallest absolute Gasteiger partial charge is 0.442 e. The van der Waals surface area contributed by atoms with Crippen molar-refractivity contribution in [2.45, 2.75) is 72.2 Å². The fourth-order valence-electron chi connectivity index (χ4n) is 2.38. The zero-order valence-corrected chi connectivity index (χ0v) is 17.3. The first-order chi connectivity index (χ1) is 12.1. The Balaban J connectivity index is 2.36. The molecule has 1 aromatic heterocycles. The lowest BCUT2D eigenvalue weighted by atomic mass is 9.76. The topological polar surface area (TPSA) is 93.8 Å². The molecule has 0 spiro atoms. The number of carbonyl (C=O) groups excluding carboxylic acids is 1. The van der Waals surface area contributed by atoms with Gasteiger partial charge in [-0.2, -0.15) is 9.78 Å². The van der Waals surface area contributed by atoms with Crippen LogP contribution in [-0.2, 0) is 9.39 Å². The highest BCUT2D eigenvalue weighted by molar-refractivity contribution is 6.60. The SMILES string of the molecule is Cc1nn(C(=O)OC(C)(C)C)c2ccc(B(O)OC(C)(C)C(C)(C)O)cc12. The lowest BCUT2D eigenvalue weighted by molar-refractivity contribution is -0.0982. The number of aryl methyl sites for hydroxylation is 1. The van der Waals surface area contributed by atoms with Gasteiger partial charge in [0.05, 0.1) is 22.4 Å². The van der Waals surface area contributed by atoms with Crippen LogP contribution in [0.1, 0.15) is 54.2 Å². The molecule has 0 atom stereocenters. The molecule has 0 unspecified atom stereocenters. The van der Waals surface area contributed by atoms with E-state index in [4.69, 9.17) is 9.39 Å². The fraction of sp³-hybridized carbons (Fsp3) is 0.579. The summed E-state index contributed by atoms with van der Waals surface area (Å²) in [6.45, 7) is 13.8. The minimum absolute atomic E-state index is 0.506. The van der Waals surface area contributed by atoms with E-state index in [0.29, 0.717) is 22.1 Å². The van der Waals surface area contributed by atoms with E-state index >= 15 is 0 Å². The van der Waals surface area contributed by atoms with E-state index in [-0.39, 0.29) is 0 Å². The number of nitrogens with zero attached hydrogens (tertiary/aromatic N) is 2. The van der Waals surface area contributed by atoms with Crippen LogP contribution in [0.5, 0.6) is 0 Å². The predicted molar refractivity (Wildman–Crippen MR) is 105 cm³/mol. The summed E-state index contributed by atoms with van der Waals surface area (Å²) in [5.41, 5.74) is -1.03. The van der Waals surface area contributed by atoms with E-state index in [0.717, 1.165) is 0 Å². The first-order valence-electron chi connectivity index (χ1n) is 8.93. The first-order valence-corrected chi connectivity index (χ1v) is 8.93. The third-order valence-electron chi connectivity index (χ3n) is 4.62. The molecular formula is C19H29BN2O5. The van der Waals surface area contributed by atoms with Crippen molar-refractivity contribution in [2.75, 3.05) is 0 Å². The minimum atomic E-state index is -1.24. The number of hydrogen-bond acceptors (Lipinski definition) is 6. The number of carbonyl (C=O) groups is 1. The molecule has 2 rings (SSSR count). The van der Waals surface area contributed by atoms with E-state index in [1.807, 2.05) is 0 Å². The molecule has 7 nitrogen and oxygen atoms in total. The van der Waals surface area contributed by atoms with Crippen molar-refractivity contribution in [1.29, 1.82) is 0 Å². The van der Waals surface area contributed by atoms with E-state index in [1.54, 1.807) is 73.6 Å². The van der Waals surface area contributed by atoms with Crippen LogP contribution in [0.25, 0.3) is 10.9 Å². The number of fused-ring (bicyclic) bond motifs is 1. The molecule has 0 radical (unpaired) electrons. The number of aliphatic hydroxyl groups is 1. The highest BCUT2D eigenvalue weighted by Crippen LogP contribution is 2.26. The normalized spacial score (nSPS) is 13.1. The molecule has 0 aliphatic heterocycles. The Bertz CT molecular complexity index is 846. The maximum absolute atomic E-state index is 12.4. The maximum atomic E-state index is 12.4. The molecule has 1 aromatic carbocycles. The quantitative estimate of drug-likeness (QED) is 0.796. The summed E-state index contributed by atoms with van der Waals surface area (Å²) in [5.74, 6) is 0. The Kier molecular flexibility index (Phi) is 5.49. The van der Waals surface area contributed by atoms with Gasteiger partial charge in [0.1, 0.15) is 5.60 Å². The monoisotopic (exact) mass is 376 g/mol. The molecule has 0 bridgehead atoms. The second-order valence-corrected chi connectivity index (χ2v) is 8.79. The van der Waals surface area contributed by atoms with Gasteiger partial charge in [-0.15, -0.1) is 0 Å². The Morgan fingerprint density at radius 2 is 1.74 bits per heavy atom. The molecule has 0 aliphatic rings. The average molecular weight is 376 g/mol. The molecule has 0 fully saturated rings. The van der Waals surface area contributed by atoms with Gasteiger partial charge in [0.15, 0.2) is 0 Å². The van der Waals surface area contributed by atoms with Crippen LogP contribution in [0.2, 0.25) is 0 Å². The summed E-state index contributed by atoms with van der Waals surface area (Å²) >= 11 is 0. The average Bonchev–Trinajstić information content (AvgIpc) is 2.81. The zero-order valence-electron chi connectivity index (χ0n) is 17.3. The van der Waals surface area contributed by atoms with Gasteiger partial charge in [0.25, 0.3) is 0 Å². The van der Waals surface area contributed by atoms with Crippen LogP contribution >= 0.6 is 0 Å². The van der Waals surface area contributed by atoms with Crippen molar-refractivity contribution in [2.24, 2.45) is 0 Å². The van der Waals surface area contributed by atoms with Gasteiger partial charge in [-0.1, -0.05) is 12.1 Å². The second kappa shape index (κ2) is 6.93. The molecule has 2 N–H and O–H groups in total. The van der Waals surface area contributed by atoms with Gasteiger partial charge in [-0.25, -0.2) is 4.79 Å². The van der Waals surface area contributed by atoms with E-state index in [9.17, 15) is 14.9 Å². The number of aromatic nitrogens is 2. The molecule has 2 aromatic rings. The van der Waals surface area contributed by atoms with Crippen molar-refractivity contribution in [3.8, 4) is 0 Å². The molecule has 1 heterocycles. The second-order valence-electron chi connectivity index (χ2n) is 8.79. The molecule has 0 aliphatic carbocycles. The van der Waals surface area contributed by atoms with Gasteiger partial charge in [0, 0.05) is 5.39 Å². The van der Waals surface area contributed by atoms with Crippen molar-refractivity contribution in [3.63, 3.8) is 0 Å². The largest absolute Gasteiger partial charge is 0.491 e. The summed E-state index contributed by atoms with van der Waals surface area (Å²) in [5, 5.41) is 25.7. The molecule has 0 saturated carbocycles. The summed E-state index contributed by atoms with van der Waals surface area (Å²) in [7, 11) is -1.24. The molecule has 8 heteroatoms. The molecule has 0 amide bonds. The van der Waals surface area contributed by atoms with Gasteiger partial charge >= 0.3 is 13.2 Å². The standard InChI is InChI=1S/C19H29BN2O5/c1-12-14-11-13(20(25)27-19(7,8)18(5,6)24)9-10-15(14)22(21-12)16(23)26-17(2,3)4/h9-11,24-25H,1-8H3. The van der Waals surface area contributed by atoms with Gasteiger partial charge in [-0.05, 0) is 66.9 Å². The van der Waals surface area contributed by atoms with Crippen molar-refractivity contribution in [3.05, 3.63) is 23.9 Å². The third-order valence-corrected chi connectivity index (χ3v) is 4.62. The van der Waals surface area contributed by atoms with Crippen LogP contribution in [-0.4, -0.2) is 49.9 Å². The molecule has 0 saturated heterocycles. The summed E-state index contributed by atoms with van der Waals surface area (Å²) in [6, 6.07) is 5.08. The van der Waals surface area contributed by atoms with Crippen LogP contribution in [0.3, 0.4) is 0 Å². The predicted octanol–water partition coefficient (Wildman–Crippen LogP) is 2.38. The van der Waals surface area contributed by atoms with Crippen LogP contribution in [0.4, 0.5) is 4.79 Å². The van der Waals surface area contributed by atoms with Gasteiger partial charge < -0.3 is 19.5 Å². The zero-order chi connectivity index (χ0) is 20.8. The third kappa shape index (κ3) is 4.69. The highest BCUT2D eigenvalue weighted by Gasteiger charge is 2.39. The van der Waals surface area contributed by atoms with Crippen LogP contribution in [0, 0.1) is 6.92 Å². The van der Waals surface area contributed by atoms with Crippen molar-refractivity contribution < 1.29 is 24.3 Å². The molecular weight excluding hydrogens is 347 g/mol. The Labute approximate surface area is 160 Å². The minimum Gasteiger partial charge on any atom is -0.442 e. The Morgan fingerprint density at radius 3 is 2.26 bits per heavy atom. The highest BCUT2D eigenvalue weighted by atomic mass is 16.6. The maximum Gasteiger partial charge on any atom is 0.491 e. The molecule has 148 valence electrons. The van der Waals surface area contributed by atoms with E-state index in [1.165, 1.54) is 4.68 Å². The van der Waals surface area contributed by atoms with E-state index in [2.05, 4.69) is 5.10 Å². The fourth-order valence-corrected chi connectivity index (χ4v) is 2.38. The number of ether oxygens (including phenoxy) is 1.